The Morgan fingerprint density at radius 1 is 1.44 bits per heavy atom. The second kappa shape index (κ2) is 5.09. The van der Waals surface area contributed by atoms with E-state index in [9.17, 15) is 0 Å². The number of nitrogens with zero attached hydrogens (tertiary/aromatic N) is 2. The molecule has 0 saturated carbocycles. The lowest BCUT2D eigenvalue weighted by Gasteiger charge is -2.20. The Labute approximate surface area is 99.5 Å². The number of anilines is 1. The summed E-state index contributed by atoms with van der Waals surface area (Å²) in [6.07, 6.45) is 1.80. The summed E-state index contributed by atoms with van der Waals surface area (Å²) in [6, 6.07) is 6.07. The number of hydrogen-bond donors (Lipinski definition) is 1. The molecule has 0 aliphatic carbocycles. The molecule has 0 aliphatic rings. The van der Waals surface area contributed by atoms with Gasteiger partial charge in [0.2, 0.25) is 0 Å². The molecule has 0 aliphatic heterocycles. The molecule has 0 saturated heterocycles. The Balaban J connectivity index is 2.17. The fraction of sp³-hybridized carbons (Fsp3) is 0.250. The largest absolute Gasteiger partial charge is 0.355 e. The minimum Gasteiger partial charge on any atom is -0.355 e. The van der Waals surface area contributed by atoms with Crippen LogP contribution in [0.5, 0.6) is 0 Å². The van der Waals surface area contributed by atoms with Gasteiger partial charge in [-0.1, -0.05) is 6.07 Å². The number of aromatic nitrogens is 1. The van der Waals surface area contributed by atoms with Gasteiger partial charge in [-0.15, -0.1) is 0 Å². The molecular weight excluding hydrogens is 218 g/mol. The van der Waals surface area contributed by atoms with Gasteiger partial charge in [0.15, 0.2) is 0 Å². The molecule has 16 heavy (non-hydrogen) atoms. The van der Waals surface area contributed by atoms with Gasteiger partial charge in [0.1, 0.15) is 5.82 Å². The average Bonchev–Trinajstić information content (AvgIpc) is 2.81. The van der Waals surface area contributed by atoms with Gasteiger partial charge in [-0.25, -0.2) is 4.98 Å². The topological polar surface area (TPSA) is 42.2 Å². The van der Waals surface area contributed by atoms with E-state index in [2.05, 4.69) is 26.7 Å². The van der Waals surface area contributed by atoms with Crippen LogP contribution in [0.4, 0.5) is 5.82 Å². The maximum atomic E-state index is 5.70. The highest BCUT2D eigenvalue weighted by molar-refractivity contribution is 7.07. The fourth-order valence-corrected chi connectivity index (χ4v) is 2.32. The molecule has 2 N–H and O–H groups in total. The molecule has 84 valence electrons. The summed E-state index contributed by atoms with van der Waals surface area (Å²) in [5, 5.41) is 4.24. The standard InChI is InChI=1S/C12H15N3S/c1-15(8-10-4-6-16-9-10)12-11(7-13)3-2-5-14-12/h2-6,9H,7-8,13H2,1H3. The molecule has 0 fully saturated rings. The summed E-state index contributed by atoms with van der Waals surface area (Å²) >= 11 is 1.71. The quantitative estimate of drug-likeness (QED) is 0.880. The van der Waals surface area contributed by atoms with E-state index in [1.807, 2.05) is 19.2 Å². The molecule has 0 amide bonds. The Morgan fingerprint density at radius 2 is 2.31 bits per heavy atom. The number of pyridine rings is 1. The van der Waals surface area contributed by atoms with E-state index in [1.165, 1.54) is 5.56 Å². The monoisotopic (exact) mass is 233 g/mol. The van der Waals surface area contributed by atoms with Crippen LogP contribution in [0.15, 0.2) is 35.2 Å². The number of rotatable bonds is 4. The van der Waals surface area contributed by atoms with Gasteiger partial charge in [-0.3, -0.25) is 0 Å². The van der Waals surface area contributed by atoms with Gasteiger partial charge in [-0.2, -0.15) is 11.3 Å². The number of nitrogens with two attached hydrogens (primary N) is 1. The van der Waals surface area contributed by atoms with Crippen molar-refractivity contribution in [2.75, 3.05) is 11.9 Å². The Kier molecular flexibility index (Phi) is 3.54. The third-order valence-electron chi connectivity index (χ3n) is 2.45. The second-order valence-electron chi connectivity index (χ2n) is 3.68. The molecule has 0 aromatic carbocycles. The molecule has 0 bridgehead atoms. The maximum Gasteiger partial charge on any atom is 0.133 e. The first kappa shape index (κ1) is 11.1. The summed E-state index contributed by atoms with van der Waals surface area (Å²) in [4.78, 5) is 6.51. The first-order chi connectivity index (χ1) is 7.81. The highest BCUT2D eigenvalue weighted by Gasteiger charge is 2.07. The first-order valence-electron chi connectivity index (χ1n) is 5.17. The fourth-order valence-electron chi connectivity index (χ4n) is 1.66. The average molecular weight is 233 g/mol. The van der Waals surface area contributed by atoms with Crippen molar-refractivity contribution >= 4 is 17.2 Å². The van der Waals surface area contributed by atoms with E-state index in [0.29, 0.717) is 6.54 Å². The lowest BCUT2D eigenvalue weighted by molar-refractivity contribution is 0.879. The highest BCUT2D eigenvalue weighted by Crippen LogP contribution is 2.18. The number of hydrogen-bond acceptors (Lipinski definition) is 4. The van der Waals surface area contributed by atoms with E-state index in [1.54, 1.807) is 17.5 Å². The lowest BCUT2D eigenvalue weighted by Crippen LogP contribution is -2.19. The first-order valence-corrected chi connectivity index (χ1v) is 6.11. The van der Waals surface area contributed by atoms with E-state index < -0.39 is 0 Å². The van der Waals surface area contributed by atoms with Gasteiger partial charge >= 0.3 is 0 Å². The zero-order valence-corrected chi connectivity index (χ0v) is 10.1. The molecule has 0 radical (unpaired) electrons. The van der Waals surface area contributed by atoms with Gasteiger partial charge in [0.25, 0.3) is 0 Å². The molecule has 4 heteroatoms. The molecule has 2 heterocycles. The van der Waals surface area contributed by atoms with Crippen molar-refractivity contribution in [1.82, 2.24) is 4.98 Å². The van der Waals surface area contributed by atoms with Crippen molar-refractivity contribution in [1.29, 1.82) is 0 Å². The normalized spacial score (nSPS) is 10.4. The molecule has 0 unspecified atom stereocenters. The van der Waals surface area contributed by atoms with E-state index in [-0.39, 0.29) is 0 Å². The number of thiophene rings is 1. The van der Waals surface area contributed by atoms with Crippen LogP contribution in [-0.2, 0) is 13.1 Å². The minimum absolute atomic E-state index is 0.525. The minimum atomic E-state index is 0.525. The van der Waals surface area contributed by atoms with Crippen LogP contribution in [0.2, 0.25) is 0 Å². The van der Waals surface area contributed by atoms with Gasteiger partial charge in [-0.05, 0) is 28.5 Å². The van der Waals surface area contributed by atoms with Crippen LogP contribution >= 0.6 is 11.3 Å². The van der Waals surface area contributed by atoms with Gasteiger partial charge in [0, 0.05) is 31.9 Å². The summed E-state index contributed by atoms with van der Waals surface area (Å²) in [5.41, 5.74) is 8.09. The maximum absolute atomic E-state index is 5.70. The van der Waals surface area contributed by atoms with Gasteiger partial charge in [0.05, 0.1) is 0 Å². The molecule has 3 nitrogen and oxygen atoms in total. The predicted molar refractivity (Wildman–Crippen MR) is 68.6 cm³/mol. The molecule has 0 atom stereocenters. The molecule has 2 aromatic rings. The van der Waals surface area contributed by atoms with Crippen molar-refractivity contribution in [3.05, 3.63) is 46.3 Å². The van der Waals surface area contributed by atoms with Crippen LogP contribution in [0.3, 0.4) is 0 Å². The van der Waals surface area contributed by atoms with Crippen LogP contribution in [0, 0.1) is 0 Å². The summed E-state index contributed by atoms with van der Waals surface area (Å²) < 4.78 is 0. The molecular formula is C12H15N3S. The zero-order valence-electron chi connectivity index (χ0n) is 9.26. The van der Waals surface area contributed by atoms with E-state index >= 15 is 0 Å². The van der Waals surface area contributed by atoms with Crippen molar-refractivity contribution in [2.45, 2.75) is 13.1 Å². The van der Waals surface area contributed by atoms with Crippen LogP contribution in [0.25, 0.3) is 0 Å². The van der Waals surface area contributed by atoms with Crippen molar-refractivity contribution in [2.24, 2.45) is 5.73 Å². The Morgan fingerprint density at radius 3 is 3.00 bits per heavy atom. The highest BCUT2D eigenvalue weighted by atomic mass is 32.1. The van der Waals surface area contributed by atoms with E-state index in [4.69, 9.17) is 5.73 Å². The smallest absolute Gasteiger partial charge is 0.133 e. The Bertz CT molecular complexity index is 439. The third kappa shape index (κ3) is 2.40. The van der Waals surface area contributed by atoms with Crippen molar-refractivity contribution < 1.29 is 0 Å². The summed E-state index contributed by atoms with van der Waals surface area (Å²) in [6.45, 7) is 1.39. The van der Waals surface area contributed by atoms with Crippen molar-refractivity contribution in [3.8, 4) is 0 Å². The third-order valence-corrected chi connectivity index (χ3v) is 3.18. The zero-order chi connectivity index (χ0) is 11.4. The lowest BCUT2D eigenvalue weighted by atomic mass is 10.2. The van der Waals surface area contributed by atoms with Gasteiger partial charge < -0.3 is 10.6 Å². The SMILES string of the molecule is CN(Cc1ccsc1)c1ncccc1CN. The van der Waals surface area contributed by atoms with Crippen LogP contribution in [0.1, 0.15) is 11.1 Å². The van der Waals surface area contributed by atoms with Crippen molar-refractivity contribution in [3.63, 3.8) is 0 Å². The molecule has 2 aromatic heterocycles. The second-order valence-corrected chi connectivity index (χ2v) is 4.46. The Hall–Kier alpha value is -1.39. The predicted octanol–water partition coefficient (Wildman–Crippen LogP) is 2.24. The molecule has 2 rings (SSSR count). The van der Waals surface area contributed by atoms with Crippen LogP contribution < -0.4 is 10.6 Å². The van der Waals surface area contributed by atoms with E-state index in [0.717, 1.165) is 17.9 Å². The summed E-state index contributed by atoms with van der Waals surface area (Å²) in [5.74, 6) is 0.969. The molecule has 0 spiro atoms. The van der Waals surface area contributed by atoms with Crippen LogP contribution in [-0.4, -0.2) is 12.0 Å². The summed E-state index contributed by atoms with van der Waals surface area (Å²) in [7, 11) is 2.04.